The quantitative estimate of drug-likeness (QED) is 0.662. The largest absolute Gasteiger partial charge is 0.416 e. The van der Waals surface area contributed by atoms with Gasteiger partial charge < -0.3 is 0 Å². The highest BCUT2D eigenvalue weighted by Crippen LogP contribution is 2.38. The third-order valence-electron chi connectivity index (χ3n) is 3.45. The number of hydrazine groups is 1. The number of hydrogen-bond donors (Lipinski definition) is 2. The molecule has 1 fully saturated rings. The van der Waals surface area contributed by atoms with Gasteiger partial charge in [0.05, 0.1) is 11.6 Å². The van der Waals surface area contributed by atoms with E-state index in [4.69, 9.17) is 5.84 Å². The minimum Gasteiger partial charge on any atom is -0.271 e. The van der Waals surface area contributed by atoms with Crippen molar-refractivity contribution < 1.29 is 13.2 Å². The van der Waals surface area contributed by atoms with Crippen molar-refractivity contribution in [1.82, 2.24) is 5.43 Å². The van der Waals surface area contributed by atoms with E-state index in [-0.39, 0.29) is 6.04 Å². The summed E-state index contributed by atoms with van der Waals surface area (Å²) in [5.41, 5.74) is 3.64. The van der Waals surface area contributed by atoms with Crippen LogP contribution >= 0.6 is 11.8 Å². The minimum absolute atomic E-state index is 0.0882. The lowest BCUT2D eigenvalue weighted by Gasteiger charge is -2.24. The highest BCUT2D eigenvalue weighted by Gasteiger charge is 2.32. The Labute approximate surface area is 114 Å². The number of benzene rings is 1. The maximum Gasteiger partial charge on any atom is 0.416 e. The maximum atomic E-state index is 12.6. The van der Waals surface area contributed by atoms with E-state index in [1.807, 2.05) is 11.8 Å². The van der Waals surface area contributed by atoms with Crippen molar-refractivity contribution >= 4 is 11.8 Å². The Morgan fingerprint density at radius 1 is 1.42 bits per heavy atom. The van der Waals surface area contributed by atoms with Gasteiger partial charge in [-0.3, -0.25) is 11.3 Å². The summed E-state index contributed by atoms with van der Waals surface area (Å²) in [7, 11) is 0. The van der Waals surface area contributed by atoms with E-state index in [0.717, 1.165) is 30.2 Å². The summed E-state index contributed by atoms with van der Waals surface area (Å²) in [4.78, 5) is 0. The molecule has 106 valence electrons. The number of alkyl halides is 3. The van der Waals surface area contributed by atoms with Crippen LogP contribution in [0.5, 0.6) is 0 Å². The average Bonchev–Trinajstić information content (AvgIpc) is 2.84. The van der Waals surface area contributed by atoms with Crippen LogP contribution in [-0.2, 0) is 6.18 Å². The number of thioether (sulfide) groups is 1. The molecule has 1 aliphatic heterocycles. The Balaban J connectivity index is 2.28. The van der Waals surface area contributed by atoms with Crippen molar-refractivity contribution in [2.45, 2.75) is 37.2 Å². The molecule has 0 radical (unpaired) electrons. The second kappa shape index (κ2) is 5.73. The Morgan fingerprint density at radius 3 is 2.63 bits per heavy atom. The summed E-state index contributed by atoms with van der Waals surface area (Å²) in [6, 6.07) is 3.78. The zero-order valence-corrected chi connectivity index (χ0v) is 11.4. The van der Waals surface area contributed by atoms with Crippen molar-refractivity contribution in [3.05, 3.63) is 34.9 Å². The first kappa shape index (κ1) is 14.7. The molecule has 1 saturated heterocycles. The van der Waals surface area contributed by atoms with Gasteiger partial charge in [0.15, 0.2) is 0 Å². The fourth-order valence-electron chi connectivity index (χ4n) is 2.46. The SMILES string of the molecule is Cc1cc(C(F)(F)F)ccc1C(NN)C1CCCS1. The van der Waals surface area contributed by atoms with Crippen LogP contribution in [0.3, 0.4) is 0 Å². The molecule has 0 saturated carbocycles. The van der Waals surface area contributed by atoms with Crippen LogP contribution in [0.15, 0.2) is 18.2 Å². The second-order valence-electron chi connectivity index (χ2n) is 4.76. The number of halogens is 3. The molecular formula is C13H17F3N2S. The van der Waals surface area contributed by atoms with Crippen LogP contribution in [0, 0.1) is 6.92 Å². The molecule has 6 heteroatoms. The van der Waals surface area contributed by atoms with E-state index in [0.29, 0.717) is 10.8 Å². The third kappa shape index (κ3) is 3.24. The topological polar surface area (TPSA) is 38.0 Å². The van der Waals surface area contributed by atoms with Gasteiger partial charge in [0.1, 0.15) is 0 Å². The predicted octanol–water partition coefficient (Wildman–Crippen LogP) is 3.41. The molecule has 2 nitrogen and oxygen atoms in total. The monoisotopic (exact) mass is 290 g/mol. The Bertz CT molecular complexity index is 442. The Kier molecular flexibility index (Phi) is 4.43. The van der Waals surface area contributed by atoms with E-state index < -0.39 is 11.7 Å². The maximum absolute atomic E-state index is 12.6. The highest BCUT2D eigenvalue weighted by atomic mass is 32.2. The lowest BCUT2D eigenvalue weighted by molar-refractivity contribution is -0.137. The Morgan fingerprint density at radius 2 is 2.16 bits per heavy atom. The van der Waals surface area contributed by atoms with Crippen molar-refractivity contribution in [2.75, 3.05) is 5.75 Å². The molecule has 1 heterocycles. The highest BCUT2D eigenvalue weighted by molar-refractivity contribution is 8.00. The molecule has 1 aliphatic rings. The van der Waals surface area contributed by atoms with E-state index in [9.17, 15) is 13.2 Å². The van der Waals surface area contributed by atoms with Crippen molar-refractivity contribution in [3.63, 3.8) is 0 Å². The van der Waals surface area contributed by atoms with Gasteiger partial charge in [-0.05, 0) is 48.8 Å². The van der Waals surface area contributed by atoms with Gasteiger partial charge in [0.25, 0.3) is 0 Å². The molecule has 1 aromatic rings. The number of nitrogens with one attached hydrogen (secondary N) is 1. The normalized spacial score (nSPS) is 21.6. The predicted molar refractivity (Wildman–Crippen MR) is 71.7 cm³/mol. The number of hydrogen-bond acceptors (Lipinski definition) is 3. The Hall–Kier alpha value is -0.720. The summed E-state index contributed by atoms with van der Waals surface area (Å²) in [5, 5.41) is 0.334. The molecule has 0 amide bonds. The smallest absolute Gasteiger partial charge is 0.271 e. The van der Waals surface area contributed by atoms with E-state index in [2.05, 4.69) is 5.43 Å². The molecule has 0 bridgehead atoms. The average molecular weight is 290 g/mol. The van der Waals surface area contributed by atoms with Gasteiger partial charge >= 0.3 is 6.18 Å². The lowest BCUT2D eigenvalue weighted by Crippen LogP contribution is -2.34. The van der Waals surface area contributed by atoms with Crippen LogP contribution in [0.25, 0.3) is 0 Å². The van der Waals surface area contributed by atoms with Crippen molar-refractivity contribution in [1.29, 1.82) is 0 Å². The van der Waals surface area contributed by atoms with Gasteiger partial charge in [-0.1, -0.05) is 6.07 Å². The number of aryl methyl sites for hydroxylation is 1. The molecule has 2 unspecified atom stereocenters. The van der Waals surface area contributed by atoms with Crippen molar-refractivity contribution in [2.24, 2.45) is 5.84 Å². The molecule has 2 rings (SSSR count). The van der Waals surface area contributed by atoms with Crippen LogP contribution in [-0.4, -0.2) is 11.0 Å². The molecule has 1 aromatic carbocycles. The molecular weight excluding hydrogens is 273 g/mol. The summed E-state index contributed by atoms with van der Waals surface area (Å²) in [5.74, 6) is 6.68. The zero-order valence-electron chi connectivity index (χ0n) is 10.6. The fraction of sp³-hybridized carbons (Fsp3) is 0.538. The van der Waals surface area contributed by atoms with Gasteiger partial charge in [-0.2, -0.15) is 24.9 Å². The third-order valence-corrected chi connectivity index (χ3v) is 4.91. The minimum atomic E-state index is -4.29. The van der Waals surface area contributed by atoms with Crippen LogP contribution in [0.1, 0.15) is 35.6 Å². The zero-order chi connectivity index (χ0) is 14.0. The summed E-state index contributed by atoms with van der Waals surface area (Å²) in [6.07, 6.45) is -2.12. The fourth-order valence-corrected chi connectivity index (χ4v) is 3.85. The molecule has 0 spiro atoms. The molecule has 0 aromatic heterocycles. The van der Waals surface area contributed by atoms with Crippen molar-refractivity contribution in [3.8, 4) is 0 Å². The van der Waals surface area contributed by atoms with Crippen LogP contribution < -0.4 is 11.3 Å². The van der Waals surface area contributed by atoms with Gasteiger partial charge in [0.2, 0.25) is 0 Å². The molecule has 3 N–H and O–H groups in total. The first-order valence-corrected chi connectivity index (χ1v) is 7.24. The van der Waals surface area contributed by atoms with Gasteiger partial charge in [-0.25, -0.2) is 0 Å². The van der Waals surface area contributed by atoms with E-state index in [1.165, 1.54) is 6.07 Å². The second-order valence-corrected chi connectivity index (χ2v) is 6.11. The lowest BCUT2D eigenvalue weighted by atomic mass is 9.95. The van der Waals surface area contributed by atoms with Crippen LogP contribution in [0.4, 0.5) is 13.2 Å². The molecule has 0 aliphatic carbocycles. The molecule has 2 atom stereocenters. The summed E-state index contributed by atoms with van der Waals surface area (Å²) in [6.45, 7) is 1.70. The van der Waals surface area contributed by atoms with E-state index in [1.54, 1.807) is 13.0 Å². The van der Waals surface area contributed by atoms with Crippen LogP contribution in [0.2, 0.25) is 0 Å². The first-order chi connectivity index (χ1) is 8.93. The first-order valence-electron chi connectivity index (χ1n) is 6.19. The number of nitrogens with two attached hydrogens (primary N) is 1. The van der Waals surface area contributed by atoms with E-state index >= 15 is 0 Å². The summed E-state index contributed by atoms with van der Waals surface area (Å²) < 4.78 is 37.9. The van der Waals surface area contributed by atoms with Gasteiger partial charge in [-0.15, -0.1) is 0 Å². The summed E-state index contributed by atoms with van der Waals surface area (Å²) >= 11 is 1.82. The number of rotatable bonds is 3. The van der Waals surface area contributed by atoms with Gasteiger partial charge in [0, 0.05) is 5.25 Å². The standard InChI is InChI=1S/C13H17F3N2S/c1-8-7-9(13(14,15)16)4-5-10(8)12(18-17)11-3-2-6-19-11/h4-5,7,11-12,18H,2-3,6,17H2,1H3. The molecule has 19 heavy (non-hydrogen) atoms.